The molecule has 0 spiro atoms. The van der Waals surface area contributed by atoms with Gasteiger partial charge in [0.2, 0.25) is 0 Å². The van der Waals surface area contributed by atoms with Gasteiger partial charge in [0.1, 0.15) is 0 Å². The Hall–Kier alpha value is -0.960. The molecule has 0 saturated heterocycles. The van der Waals surface area contributed by atoms with Crippen LogP contribution in [0, 0.1) is 6.92 Å². The van der Waals surface area contributed by atoms with Gasteiger partial charge < -0.3 is 0 Å². The van der Waals surface area contributed by atoms with E-state index in [9.17, 15) is 8.78 Å². The van der Waals surface area contributed by atoms with E-state index in [0.29, 0.717) is 0 Å². The first-order chi connectivity index (χ1) is 5.56. The Morgan fingerprint density at radius 2 is 2.00 bits per heavy atom. The first-order valence-corrected chi connectivity index (χ1v) is 3.70. The van der Waals surface area contributed by atoms with Crippen molar-refractivity contribution in [2.24, 2.45) is 0 Å². The van der Waals surface area contributed by atoms with Crippen molar-refractivity contribution >= 4 is 0 Å². The molecular formula is C9H11F2N. The van der Waals surface area contributed by atoms with Gasteiger partial charge in [0.05, 0.1) is 0 Å². The predicted molar refractivity (Wildman–Crippen MR) is 44.1 cm³/mol. The topological polar surface area (TPSA) is 12.0 Å². The maximum Gasteiger partial charge on any atom is 0.329 e. The van der Waals surface area contributed by atoms with Crippen LogP contribution in [0.15, 0.2) is 24.3 Å². The highest BCUT2D eigenvalue weighted by Crippen LogP contribution is 2.24. The Bertz CT molecular complexity index is 271. The molecule has 0 radical (unpaired) electrons. The molecule has 0 aliphatic carbocycles. The quantitative estimate of drug-likeness (QED) is 0.673. The number of halogens is 2. The van der Waals surface area contributed by atoms with Crippen molar-refractivity contribution in [3.05, 3.63) is 35.4 Å². The molecule has 66 valence electrons. The van der Waals surface area contributed by atoms with Gasteiger partial charge in [-0.05, 0) is 20.0 Å². The van der Waals surface area contributed by atoms with E-state index in [1.165, 1.54) is 19.2 Å². The van der Waals surface area contributed by atoms with Crippen LogP contribution in [0.4, 0.5) is 8.78 Å². The molecule has 0 unspecified atom stereocenters. The zero-order valence-electron chi connectivity index (χ0n) is 7.07. The van der Waals surface area contributed by atoms with Crippen LogP contribution in [0.2, 0.25) is 0 Å². The first kappa shape index (κ1) is 9.13. The molecule has 0 aliphatic rings. The van der Waals surface area contributed by atoms with Gasteiger partial charge in [0.25, 0.3) is 0 Å². The molecule has 1 rings (SSSR count). The molecule has 0 amide bonds. The van der Waals surface area contributed by atoms with Gasteiger partial charge in [0, 0.05) is 5.56 Å². The van der Waals surface area contributed by atoms with E-state index >= 15 is 0 Å². The lowest BCUT2D eigenvalue weighted by Crippen LogP contribution is -2.29. The molecule has 0 aliphatic heterocycles. The lowest BCUT2D eigenvalue weighted by molar-refractivity contribution is -0.0336. The van der Waals surface area contributed by atoms with Crippen molar-refractivity contribution in [3.8, 4) is 0 Å². The fraction of sp³-hybridized carbons (Fsp3) is 0.333. The van der Waals surface area contributed by atoms with Crippen LogP contribution in [0.3, 0.4) is 0 Å². The van der Waals surface area contributed by atoms with E-state index in [4.69, 9.17) is 0 Å². The summed E-state index contributed by atoms with van der Waals surface area (Å²) in [5.41, 5.74) is 0.840. The van der Waals surface area contributed by atoms with Crippen LogP contribution in [0.5, 0.6) is 0 Å². The number of rotatable bonds is 2. The zero-order valence-corrected chi connectivity index (χ0v) is 7.07. The number of hydrogen-bond donors (Lipinski definition) is 1. The third-order valence-corrected chi connectivity index (χ3v) is 1.69. The zero-order chi connectivity index (χ0) is 9.19. The molecular weight excluding hydrogens is 160 g/mol. The Kier molecular flexibility index (Phi) is 2.43. The molecule has 0 heterocycles. The molecule has 0 atom stereocenters. The van der Waals surface area contributed by atoms with Crippen molar-refractivity contribution in [2.75, 3.05) is 7.05 Å². The first-order valence-electron chi connectivity index (χ1n) is 3.70. The fourth-order valence-corrected chi connectivity index (χ4v) is 0.985. The number of hydrogen-bond acceptors (Lipinski definition) is 1. The molecule has 0 saturated carbocycles. The summed E-state index contributed by atoms with van der Waals surface area (Å²) < 4.78 is 25.9. The Balaban J connectivity index is 3.03. The van der Waals surface area contributed by atoms with Crippen LogP contribution in [-0.4, -0.2) is 7.05 Å². The summed E-state index contributed by atoms with van der Waals surface area (Å²) in [6.07, 6.45) is 0. The largest absolute Gasteiger partial charge is 0.329 e. The van der Waals surface area contributed by atoms with Gasteiger partial charge >= 0.3 is 6.05 Å². The van der Waals surface area contributed by atoms with Crippen LogP contribution in [0.1, 0.15) is 11.1 Å². The Labute approximate surface area is 70.4 Å². The fourth-order valence-electron chi connectivity index (χ4n) is 0.985. The average molecular weight is 171 g/mol. The van der Waals surface area contributed by atoms with Crippen molar-refractivity contribution in [1.82, 2.24) is 5.32 Å². The standard InChI is InChI=1S/C9H11F2N/c1-7-4-3-5-8(6-7)9(10,11)12-2/h3-6,12H,1-2H3. The van der Waals surface area contributed by atoms with Crippen molar-refractivity contribution in [3.63, 3.8) is 0 Å². The summed E-state index contributed by atoms with van der Waals surface area (Å²) in [6.45, 7) is 1.79. The van der Waals surface area contributed by atoms with E-state index in [2.05, 4.69) is 0 Å². The van der Waals surface area contributed by atoms with E-state index in [1.807, 2.05) is 5.32 Å². The summed E-state index contributed by atoms with van der Waals surface area (Å²) in [5.74, 6) is 0. The molecule has 3 heteroatoms. The molecule has 0 bridgehead atoms. The minimum absolute atomic E-state index is 0.00463. The minimum atomic E-state index is -2.92. The normalized spacial score (nSPS) is 11.7. The summed E-state index contributed by atoms with van der Waals surface area (Å²) in [6, 6.07) is 3.36. The molecule has 1 N–H and O–H groups in total. The van der Waals surface area contributed by atoms with Gasteiger partial charge in [-0.2, -0.15) is 8.78 Å². The van der Waals surface area contributed by atoms with Gasteiger partial charge in [0.15, 0.2) is 0 Å². The molecule has 12 heavy (non-hydrogen) atoms. The Morgan fingerprint density at radius 1 is 1.33 bits per heavy atom. The summed E-state index contributed by atoms with van der Waals surface area (Å²) in [7, 11) is 1.24. The predicted octanol–water partition coefficient (Wildman–Crippen LogP) is 2.26. The lowest BCUT2D eigenvalue weighted by atomic mass is 10.1. The van der Waals surface area contributed by atoms with Crippen molar-refractivity contribution in [2.45, 2.75) is 13.0 Å². The second kappa shape index (κ2) is 3.19. The molecule has 0 fully saturated rings. The molecule has 1 aromatic carbocycles. The van der Waals surface area contributed by atoms with Crippen molar-refractivity contribution in [1.29, 1.82) is 0 Å². The van der Waals surface area contributed by atoms with Crippen LogP contribution < -0.4 is 5.32 Å². The van der Waals surface area contributed by atoms with Gasteiger partial charge in [-0.3, -0.25) is 5.32 Å². The third-order valence-electron chi connectivity index (χ3n) is 1.69. The van der Waals surface area contributed by atoms with Gasteiger partial charge in [-0.25, -0.2) is 0 Å². The number of alkyl halides is 2. The maximum atomic E-state index is 13.0. The second-order valence-electron chi connectivity index (χ2n) is 2.69. The number of benzene rings is 1. The average Bonchev–Trinajstić information content (AvgIpc) is 2.05. The lowest BCUT2D eigenvalue weighted by Gasteiger charge is -2.15. The van der Waals surface area contributed by atoms with E-state index in [0.717, 1.165) is 5.56 Å². The summed E-state index contributed by atoms with van der Waals surface area (Å²) >= 11 is 0. The highest BCUT2D eigenvalue weighted by atomic mass is 19.3. The number of aryl methyl sites for hydroxylation is 1. The van der Waals surface area contributed by atoms with E-state index < -0.39 is 6.05 Å². The molecule has 1 nitrogen and oxygen atoms in total. The van der Waals surface area contributed by atoms with Gasteiger partial charge in [-0.15, -0.1) is 0 Å². The SMILES string of the molecule is CNC(F)(F)c1cccc(C)c1. The van der Waals surface area contributed by atoms with Crippen molar-refractivity contribution < 1.29 is 8.78 Å². The highest BCUT2D eigenvalue weighted by Gasteiger charge is 2.28. The van der Waals surface area contributed by atoms with Crippen LogP contribution in [-0.2, 0) is 6.05 Å². The third kappa shape index (κ3) is 1.80. The molecule has 1 aromatic rings. The monoisotopic (exact) mass is 171 g/mol. The highest BCUT2D eigenvalue weighted by molar-refractivity contribution is 5.25. The molecule has 0 aromatic heterocycles. The maximum absolute atomic E-state index is 13.0. The van der Waals surface area contributed by atoms with Gasteiger partial charge in [-0.1, -0.05) is 23.8 Å². The summed E-state index contributed by atoms with van der Waals surface area (Å²) in [4.78, 5) is 0. The second-order valence-corrected chi connectivity index (χ2v) is 2.69. The van der Waals surface area contributed by atoms with E-state index in [1.54, 1.807) is 19.1 Å². The smallest absolute Gasteiger partial charge is 0.257 e. The summed E-state index contributed by atoms with van der Waals surface area (Å²) in [5, 5.41) is 1.95. The number of nitrogens with one attached hydrogen (secondary N) is 1. The van der Waals surface area contributed by atoms with Crippen LogP contribution >= 0.6 is 0 Å². The van der Waals surface area contributed by atoms with E-state index in [-0.39, 0.29) is 5.56 Å². The minimum Gasteiger partial charge on any atom is -0.257 e. The Morgan fingerprint density at radius 3 is 2.50 bits per heavy atom. The van der Waals surface area contributed by atoms with Crippen LogP contribution in [0.25, 0.3) is 0 Å².